The second-order valence-corrected chi connectivity index (χ2v) is 4.25. The van der Waals surface area contributed by atoms with E-state index in [0.717, 1.165) is 6.42 Å². The van der Waals surface area contributed by atoms with E-state index in [1.54, 1.807) is 0 Å². The number of hydrogen-bond donors (Lipinski definition) is 3. The largest absolute Gasteiger partial charge is 0.463 e. The fraction of sp³-hybridized carbons (Fsp3) is 0.727. The molecule has 1 heterocycles. The number of hydrogen-bond acceptors (Lipinski definition) is 8. The first-order valence-electron chi connectivity index (χ1n) is 6.35. The molecule has 0 atom stereocenters. The SMILES string of the molecule is CCCOc1nc(NN)nc(N(CCO)C(C)C)n1. The molecule has 0 aromatic carbocycles. The van der Waals surface area contributed by atoms with Crippen molar-refractivity contribution in [1.29, 1.82) is 0 Å². The highest BCUT2D eigenvalue weighted by Gasteiger charge is 2.16. The Balaban J connectivity index is 3.02. The van der Waals surface area contributed by atoms with Crippen molar-refractivity contribution in [3.63, 3.8) is 0 Å². The van der Waals surface area contributed by atoms with Gasteiger partial charge in [-0.25, -0.2) is 5.84 Å². The summed E-state index contributed by atoms with van der Waals surface area (Å²) in [6, 6.07) is 0.364. The molecular formula is C11H22N6O2. The van der Waals surface area contributed by atoms with Gasteiger partial charge in [-0.3, -0.25) is 5.43 Å². The molecule has 0 saturated heterocycles. The van der Waals surface area contributed by atoms with E-state index in [0.29, 0.717) is 19.1 Å². The molecule has 8 heteroatoms. The van der Waals surface area contributed by atoms with E-state index >= 15 is 0 Å². The van der Waals surface area contributed by atoms with Crippen molar-refractivity contribution in [2.75, 3.05) is 30.1 Å². The molecule has 0 fully saturated rings. The summed E-state index contributed by atoms with van der Waals surface area (Å²) in [6.07, 6.45) is 0.858. The van der Waals surface area contributed by atoms with Crippen LogP contribution in [-0.2, 0) is 0 Å². The quantitative estimate of drug-likeness (QED) is 0.452. The molecule has 0 bridgehead atoms. The van der Waals surface area contributed by atoms with Gasteiger partial charge in [0.2, 0.25) is 11.9 Å². The first kappa shape index (κ1) is 15.4. The highest BCUT2D eigenvalue weighted by molar-refractivity contribution is 5.38. The Morgan fingerprint density at radius 1 is 1.37 bits per heavy atom. The summed E-state index contributed by atoms with van der Waals surface area (Å²) in [7, 11) is 0. The molecule has 8 nitrogen and oxygen atoms in total. The van der Waals surface area contributed by atoms with Crippen LogP contribution in [0.25, 0.3) is 0 Å². The molecule has 4 N–H and O–H groups in total. The highest BCUT2D eigenvalue weighted by Crippen LogP contribution is 2.16. The Morgan fingerprint density at radius 3 is 2.63 bits per heavy atom. The normalized spacial score (nSPS) is 10.6. The van der Waals surface area contributed by atoms with Gasteiger partial charge >= 0.3 is 6.01 Å². The minimum Gasteiger partial charge on any atom is -0.463 e. The monoisotopic (exact) mass is 270 g/mol. The molecule has 1 aromatic heterocycles. The predicted octanol–water partition coefficient (Wildman–Crippen LogP) is 0.153. The Kier molecular flexibility index (Phi) is 6.23. The second-order valence-electron chi connectivity index (χ2n) is 4.25. The maximum absolute atomic E-state index is 9.10. The topological polar surface area (TPSA) is 109 Å². The second kappa shape index (κ2) is 7.70. The fourth-order valence-corrected chi connectivity index (χ4v) is 1.49. The Hall–Kier alpha value is -1.67. The van der Waals surface area contributed by atoms with Crippen molar-refractivity contribution in [3.05, 3.63) is 0 Å². The number of anilines is 2. The number of aromatic nitrogens is 3. The standard InChI is InChI=1S/C11H22N6O2/c1-4-7-19-11-14-9(16-12)13-10(15-11)17(5-6-18)8(2)3/h8,18H,4-7,12H2,1-3H3,(H,13,14,15,16). The number of nitrogens with one attached hydrogen (secondary N) is 1. The maximum atomic E-state index is 9.10. The first-order valence-corrected chi connectivity index (χ1v) is 6.35. The summed E-state index contributed by atoms with van der Waals surface area (Å²) in [5.41, 5.74) is 2.39. The van der Waals surface area contributed by atoms with Crippen LogP contribution in [0.1, 0.15) is 27.2 Å². The zero-order valence-corrected chi connectivity index (χ0v) is 11.6. The highest BCUT2D eigenvalue weighted by atomic mass is 16.5. The van der Waals surface area contributed by atoms with Crippen molar-refractivity contribution in [2.45, 2.75) is 33.2 Å². The zero-order chi connectivity index (χ0) is 14.3. The molecular weight excluding hydrogens is 248 g/mol. The van der Waals surface area contributed by atoms with Gasteiger partial charge in [0.15, 0.2) is 0 Å². The molecule has 0 saturated carbocycles. The van der Waals surface area contributed by atoms with Crippen molar-refractivity contribution in [3.8, 4) is 6.01 Å². The van der Waals surface area contributed by atoms with Gasteiger partial charge in [-0.2, -0.15) is 15.0 Å². The number of aliphatic hydroxyl groups is 1. The third-order valence-electron chi connectivity index (χ3n) is 2.39. The Morgan fingerprint density at radius 2 is 2.11 bits per heavy atom. The number of rotatable bonds is 8. The van der Waals surface area contributed by atoms with Gasteiger partial charge in [0, 0.05) is 12.6 Å². The lowest BCUT2D eigenvalue weighted by Gasteiger charge is -2.26. The average molecular weight is 270 g/mol. The van der Waals surface area contributed by atoms with Gasteiger partial charge in [-0.05, 0) is 20.3 Å². The molecule has 0 amide bonds. The molecule has 0 spiro atoms. The summed E-state index contributed by atoms with van der Waals surface area (Å²) in [5.74, 6) is 6.00. The van der Waals surface area contributed by atoms with Gasteiger partial charge in [0.05, 0.1) is 13.2 Å². The average Bonchev–Trinajstić information content (AvgIpc) is 2.41. The van der Waals surface area contributed by atoms with Gasteiger partial charge in [0.25, 0.3) is 0 Å². The van der Waals surface area contributed by atoms with Crippen molar-refractivity contribution in [2.24, 2.45) is 5.84 Å². The molecule has 1 aromatic rings. The summed E-state index contributed by atoms with van der Waals surface area (Å²) in [6.45, 7) is 6.94. The lowest BCUT2D eigenvalue weighted by molar-refractivity contribution is 0.288. The van der Waals surface area contributed by atoms with Crippen LogP contribution in [0.15, 0.2) is 0 Å². The molecule has 0 aliphatic rings. The molecule has 108 valence electrons. The summed E-state index contributed by atoms with van der Waals surface area (Å²) >= 11 is 0. The number of aliphatic hydroxyl groups excluding tert-OH is 1. The van der Waals surface area contributed by atoms with Crippen LogP contribution in [0.3, 0.4) is 0 Å². The van der Waals surface area contributed by atoms with E-state index in [9.17, 15) is 0 Å². The Labute approximate surface area is 113 Å². The fourth-order valence-electron chi connectivity index (χ4n) is 1.49. The van der Waals surface area contributed by atoms with E-state index in [2.05, 4.69) is 20.4 Å². The number of ether oxygens (including phenoxy) is 1. The minimum absolute atomic E-state index is 0.0143. The van der Waals surface area contributed by atoms with Gasteiger partial charge in [-0.15, -0.1) is 0 Å². The maximum Gasteiger partial charge on any atom is 0.323 e. The van der Waals surface area contributed by atoms with E-state index in [1.807, 2.05) is 25.7 Å². The van der Waals surface area contributed by atoms with Gasteiger partial charge < -0.3 is 14.7 Å². The van der Waals surface area contributed by atoms with Crippen LogP contribution in [-0.4, -0.2) is 45.9 Å². The number of nitrogen functional groups attached to an aromatic ring is 1. The van der Waals surface area contributed by atoms with Crippen molar-refractivity contribution >= 4 is 11.9 Å². The van der Waals surface area contributed by atoms with Crippen LogP contribution in [0, 0.1) is 0 Å². The number of hydrazine groups is 1. The molecule has 0 unspecified atom stereocenters. The van der Waals surface area contributed by atoms with Crippen LogP contribution >= 0.6 is 0 Å². The van der Waals surface area contributed by atoms with E-state index < -0.39 is 0 Å². The van der Waals surface area contributed by atoms with Gasteiger partial charge in [0.1, 0.15) is 0 Å². The van der Waals surface area contributed by atoms with Crippen molar-refractivity contribution in [1.82, 2.24) is 15.0 Å². The minimum atomic E-state index is 0.0143. The van der Waals surface area contributed by atoms with E-state index in [1.165, 1.54) is 0 Å². The number of nitrogens with zero attached hydrogens (tertiary/aromatic N) is 4. The smallest absolute Gasteiger partial charge is 0.323 e. The molecule has 0 aliphatic carbocycles. The first-order chi connectivity index (χ1) is 9.12. The molecule has 0 radical (unpaired) electrons. The van der Waals surface area contributed by atoms with Crippen LogP contribution in [0.2, 0.25) is 0 Å². The van der Waals surface area contributed by atoms with Crippen LogP contribution in [0.4, 0.5) is 11.9 Å². The lowest BCUT2D eigenvalue weighted by atomic mass is 10.3. The van der Waals surface area contributed by atoms with Crippen molar-refractivity contribution < 1.29 is 9.84 Å². The molecule has 1 rings (SSSR count). The summed E-state index contributed by atoms with van der Waals surface area (Å²) in [5, 5.41) is 9.10. The van der Waals surface area contributed by atoms with Crippen LogP contribution in [0.5, 0.6) is 6.01 Å². The van der Waals surface area contributed by atoms with E-state index in [4.69, 9.17) is 15.7 Å². The van der Waals surface area contributed by atoms with Gasteiger partial charge in [-0.1, -0.05) is 6.92 Å². The third kappa shape index (κ3) is 4.49. The predicted molar refractivity (Wildman–Crippen MR) is 73.0 cm³/mol. The Bertz CT molecular complexity index is 387. The summed E-state index contributed by atoms with van der Waals surface area (Å²) < 4.78 is 5.40. The third-order valence-corrected chi connectivity index (χ3v) is 2.39. The zero-order valence-electron chi connectivity index (χ0n) is 11.6. The molecule has 19 heavy (non-hydrogen) atoms. The number of nitrogens with two attached hydrogens (primary N) is 1. The van der Waals surface area contributed by atoms with Crippen LogP contribution < -0.4 is 20.9 Å². The lowest BCUT2D eigenvalue weighted by Crippen LogP contribution is -2.35. The summed E-state index contributed by atoms with van der Waals surface area (Å²) in [4.78, 5) is 14.3. The molecule has 0 aliphatic heterocycles. The van der Waals surface area contributed by atoms with E-state index in [-0.39, 0.29) is 24.6 Å².